The van der Waals surface area contributed by atoms with Crippen molar-refractivity contribution in [3.05, 3.63) is 76.3 Å². The van der Waals surface area contributed by atoms with Gasteiger partial charge in [0, 0.05) is 4.47 Å². The first kappa shape index (κ1) is 10.5. The summed E-state index contributed by atoms with van der Waals surface area (Å²) in [5.74, 6) is 0. The van der Waals surface area contributed by atoms with Crippen molar-refractivity contribution in [2.75, 3.05) is 0 Å². The Hall–Kier alpha value is -1.60. The number of halogens is 1. The predicted octanol–water partition coefficient (Wildman–Crippen LogP) is 5.02. The van der Waals surface area contributed by atoms with Gasteiger partial charge in [0.1, 0.15) is 0 Å². The molecule has 0 fully saturated rings. The summed E-state index contributed by atoms with van der Waals surface area (Å²) < 4.78 is 1.11. The van der Waals surface area contributed by atoms with E-state index < -0.39 is 0 Å². The number of hydrogen-bond acceptors (Lipinski definition) is 0. The zero-order chi connectivity index (χ0) is 11.8. The van der Waals surface area contributed by atoms with E-state index in [4.69, 9.17) is 0 Å². The number of rotatable bonds is 1. The summed E-state index contributed by atoms with van der Waals surface area (Å²) in [4.78, 5) is 0. The lowest BCUT2D eigenvalue weighted by atomic mass is 9.99. The fraction of sp³-hybridized carbons (Fsp3) is 0. The van der Waals surface area contributed by atoms with Crippen LogP contribution in [0.1, 0.15) is 16.7 Å². The van der Waals surface area contributed by atoms with E-state index in [0.29, 0.717) is 0 Å². The second-order valence-corrected chi connectivity index (χ2v) is 5.05. The molecule has 0 saturated heterocycles. The van der Waals surface area contributed by atoms with Crippen LogP contribution in [0.3, 0.4) is 0 Å². The van der Waals surface area contributed by atoms with Crippen molar-refractivity contribution in [3.63, 3.8) is 0 Å². The van der Waals surface area contributed by atoms with Crippen LogP contribution in [0.5, 0.6) is 0 Å². The molecule has 1 aliphatic rings. The van der Waals surface area contributed by atoms with Gasteiger partial charge in [-0.2, -0.15) is 0 Å². The van der Waals surface area contributed by atoms with Gasteiger partial charge in [0.25, 0.3) is 0 Å². The van der Waals surface area contributed by atoms with Crippen molar-refractivity contribution >= 4 is 33.2 Å². The van der Waals surface area contributed by atoms with E-state index in [2.05, 4.69) is 71.0 Å². The van der Waals surface area contributed by atoms with Crippen LogP contribution in [0.15, 0.2) is 59.6 Å². The molecule has 82 valence electrons. The van der Waals surface area contributed by atoms with E-state index in [-0.39, 0.29) is 0 Å². The molecule has 0 aliphatic heterocycles. The highest BCUT2D eigenvalue weighted by atomic mass is 79.9. The van der Waals surface area contributed by atoms with Crippen molar-refractivity contribution < 1.29 is 0 Å². The summed E-state index contributed by atoms with van der Waals surface area (Å²) >= 11 is 3.50. The largest absolute Gasteiger partial charge is 0.0905 e. The smallest absolute Gasteiger partial charge is 0.0181 e. The van der Waals surface area contributed by atoms with E-state index >= 15 is 0 Å². The summed E-state index contributed by atoms with van der Waals surface area (Å²) in [5, 5.41) is 0. The maximum absolute atomic E-state index is 4.20. The first-order valence-corrected chi connectivity index (χ1v) is 6.31. The number of hydrogen-bond donors (Lipinski definition) is 0. The van der Waals surface area contributed by atoms with Gasteiger partial charge in [0.05, 0.1) is 0 Å². The highest BCUT2D eigenvalue weighted by Crippen LogP contribution is 2.40. The highest BCUT2D eigenvalue weighted by Gasteiger charge is 2.17. The molecular weight excluding hydrogens is 272 g/mol. The summed E-state index contributed by atoms with van der Waals surface area (Å²) in [6.07, 6.45) is 2.21. The van der Waals surface area contributed by atoms with Crippen LogP contribution in [-0.2, 0) is 0 Å². The molecular formula is C16H11Br. The van der Waals surface area contributed by atoms with Crippen molar-refractivity contribution in [3.8, 4) is 0 Å². The Kier molecular flexibility index (Phi) is 2.49. The van der Waals surface area contributed by atoms with Crippen LogP contribution in [0.25, 0.3) is 17.2 Å². The molecule has 2 aromatic carbocycles. The Morgan fingerprint density at radius 1 is 0.941 bits per heavy atom. The van der Waals surface area contributed by atoms with Gasteiger partial charge >= 0.3 is 0 Å². The minimum atomic E-state index is 1.11. The SMILES string of the molecule is C=C1C(c2ccccc2)=Cc2cc(Br)ccc21. The Balaban J connectivity index is 2.13. The third-order valence-corrected chi connectivity index (χ3v) is 3.54. The molecule has 0 bridgehead atoms. The second kappa shape index (κ2) is 4.01. The number of allylic oxidation sites excluding steroid dienone is 2. The monoisotopic (exact) mass is 282 g/mol. The maximum Gasteiger partial charge on any atom is 0.0181 e. The van der Waals surface area contributed by atoms with Gasteiger partial charge < -0.3 is 0 Å². The first-order valence-electron chi connectivity index (χ1n) is 5.52. The average molecular weight is 283 g/mol. The summed E-state index contributed by atoms with van der Waals surface area (Å²) in [5.41, 5.74) is 6.03. The minimum absolute atomic E-state index is 1.11. The van der Waals surface area contributed by atoms with Gasteiger partial charge in [0.15, 0.2) is 0 Å². The van der Waals surface area contributed by atoms with Gasteiger partial charge in [-0.15, -0.1) is 0 Å². The van der Waals surface area contributed by atoms with Crippen molar-refractivity contribution in [1.29, 1.82) is 0 Å². The second-order valence-electron chi connectivity index (χ2n) is 4.13. The zero-order valence-corrected chi connectivity index (χ0v) is 10.9. The van der Waals surface area contributed by atoms with E-state index in [1.807, 2.05) is 6.07 Å². The Bertz CT molecular complexity index is 621. The van der Waals surface area contributed by atoms with Crippen LogP contribution >= 0.6 is 15.9 Å². The molecule has 17 heavy (non-hydrogen) atoms. The standard InChI is InChI=1S/C16H11Br/c1-11-15-8-7-14(17)9-13(15)10-16(11)12-5-3-2-4-6-12/h2-10H,1H2. The van der Waals surface area contributed by atoms with Crippen LogP contribution in [0.2, 0.25) is 0 Å². The molecule has 0 spiro atoms. The molecule has 0 radical (unpaired) electrons. The normalized spacial score (nSPS) is 13.5. The van der Waals surface area contributed by atoms with Gasteiger partial charge in [0.2, 0.25) is 0 Å². The van der Waals surface area contributed by atoms with Gasteiger partial charge in [-0.3, -0.25) is 0 Å². The Morgan fingerprint density at radius 2 is 1.71 bits per heavy atom. The average Bonchev–Trinajstić information content (AvgIpc) is 2.67. The van der Waals surface area contributed by atoms with Crippen LogP contribution < -0.4 is 0 Å². The van der Waals surface area contributed by atoms with Crippen molar-refractivity contribution in [1.82, 2.24) is 0 Å². The molecule has 0 heterocycles. The third-order valence-electron chi connectivity index (χ3n) is 3.05. The van der Waals surface area contributed by atoms with Crippen molar-refractivity contribution in [2.24, 2.45) is 0 Å². The molecule has 0 amide bonds. The molecule has 0 nitrogen and oxygen atoms in total. The number of benzene rings is 2. The van der Waals surface area contributed by atoms with E-state index in [1.54, 1.807) is 0 Å². The molecule has 0 unspecified atom stereocenters. The van der Waals surface area contributed by atoms with E-state index in [1.165, 1.54) is 22.3 Å². The molecule has 1 heteroatoms. The van der Waals surface area contributed by atoms with Gasteiger partial charge in [-0.05, 0) is 46.0 Å². The quantitative estimate of drug-likeness (QED) is 0.689. The summed E-state index contributed by atoms with van der Waals surface area (Å²) in [7, 11) is 0. The molecule has 0 atom stereocenters. The van der Waals surface area contributed by atoms with Crippen molar-refractivity contribution in [2.45, 2.75) is 0 Å². The third kappa shape index (κ3) is 1.77. The van der Waals surface area contributed by atoms with Crippen LogP contribution in [0, 0.1) is 0 Å². The molecule has 0 saturated carbocycles. The number of fused-ring (bicyclic) bond motifs is 1. The van der Waals surface area contributed by atoms with Gasteiger partial charge in [-0.25, -0.2) is 0 Å². The maximum atomic E-state index is 4.20. The Morgan fingerprint density at radius 3 is 2.47 bits per heavy atom. The van der Waals surface area contributed by atoms with E-state index in [9.17, 15) is 0 Å². The molecule has 2 aromatic rings. The van der Waals surface area contributed by atoms with Gasteiger partial charge in [-0.1, -0.05) is 58.9 Å². The summed E-state index contributed by atoms with van der Waals surface area (Å²) in [6, 6.07) is 16.7. The predicted molar refractivity (Wildman–Crippen MR) is 77.5 cm³/mol. The fourth-order valence-corrected chi connectivity index (χ4v) is 2.57. The fourth-order valence-electron chi connectivity index (χ4n) is 2.19. The Labute approximate surface area is 109 Å². The lowest BCUT2D eigenvalue weighted by molar-refractivity contribution is 1.58. The minimum Gasteiger partial charge on any atom is -0.0905 e. The lowest BCUT2D eigenvalue weighted by Gasteiger charge is -2.05. The molecule has 1 aliphatic carbocycles. The summed E-state index contributed by atoms with van der Waals surface area (Å²) in [6.45, 7) is 4.20. The molecule has 0 N–H and O–H groups in total. The highest BCUT2D eigenvalue weighted by molar-refractivity contribution is 9.10. The zero-order valence-electron chi connectivity index (χ0n) is 9.28. The first-order chi connectivity index (χ1) is 8.25. The molecule has 3 rings (SSSR count). The lowest BCUT2D eigenvalue weighted by Crippen LogP contribution is -1.83. The molecule has 0 aromatic heterocycles. The van der Waals surface area contributed by atoms with E-state index in [0.717, 1.165) is 10.0 Å². The van der Waals surface area contributed by atoms with Crippen LogP contribution in [0.4, 0.5) is 0 Å². The topological polar surface area (TPSA) is 0 Å². The van der Waals surface area contributed by atoms with Crippen LogP contribution in [-0.4, -0.2) is 0 Å².